The van der Waals surface area contributed by atoms with Crippen LogP contribution < -0.4 is 10.1 Å². The lowest BCUT2D eigenvalue weighted by Crippen LogP contribution is -2.20. The number of nitro groups is 1. The van der Waals surface area contributed by atoms with Gasteiger partial charge >= 0.3 is 6.18 Å². The highest BCUT2D eigenvalue weighted by molar-refractivity contribution is 5.92. The van der Waals surface area contributed by atoms with Crippen LogP contribution in [0.1, 0.15) is 5.56 Å². The van der Waals surface area contributed by atoms with Gasteiger partial charge < -0.3 is 10.1 Å². The number of nitro benzene ring substituents is 1. The first-order chi connectivity index (χ1) is 14.2. The van der Waals surface area contributed by atoms with E-state index < -0.39 is 29.1 Å². The van der Waals surface area contributed by atoms with Crippen LogP contribution in [0.15, 0.2) is 42.5 Å². The summed E-state index contributed by atoms with van der Waals surface area (Å²) >= 11 is 0. The maximum Gasteiger partial charge on any atom is 0.416 e. The van der Waals surface area contributed by atoms with Gasteiger partial charge in [-0.15, -0.1) is 10.2 Å². The molecule has 0 atom stereocenters. The minimum absolute atomic E-state index is 0.0776. The lowest BCUT2D eigenvalue weighted by atomic mass is 10.1. The number of alkyl halides is 3. The Bertz CT molecular complexity index is 1100. The molecule has 1 amide bonds. The summed E-state index contributed by atoms with van der Waals surface area (Å²) in [7, 11) is 1.29. The number of ether oxygens (including phenoxy) is 1. The first-order valence-corrected chi connectivity index (χ1v) is 8.25. The number of nitrogens with one attached hydrogen (secondary N) is 1. The van der Waals surface area contributed by atoms with Crippen LogP contribution in [-0.4, -0.2) is 38.1 Å². The van der Waals surface area contributed by atoms with Crippen molar-refractivity contribution >= 4 is 17.3 Å². The van der Waals surface area contributed by atoms with Gasteiger partial charge in [-0.1, -0.05) is 12.1 Å². The van der Waals surface area contributed by atoms with Crippen molar-refractivity contribution in [1.29, 1.82) is 0 Å². The topological polar surface area (TPSA) is 125 Å². The van der Waals surface area contributed by atoms with Crippen molar-refractivity contribution < 1.29 is 27.6 Å². The maximum atomic E-state index is 12.8. The number of methoxy groups -OCH3 is 1. The van der Waals surface area contributed by atoms with Crippen LogP contribution in [0.25, 0.3) is 11.4 Å². The SMILES string of the molecule is COc1cc([N+](=O)[O-])ccc1NC(=O)Cn1nnc(-c2cccc(C(F)(F)F)c2)n1. The van der Waals surface area contributed by atoms with Crippen molar-refractivity contribution in [1.82, 2.24) is 20.2 Å². The average Bonchev–Trinajstić information content (AvgIpc) is 3.16. The van der Waals surface area contributed by atoms with Gasteiger partial charge in [0.2, 0.25) is 11.7 Å². The zero-order valence-corrected chi connectivity index (χ0v) is 15.3. The summed E-state index contributed by atoms with van der Waals surface area (Å²) in [5.74, 6) is -0.606. The number of non-ortho nitro benzene ring substituents is 1. The molecule has 0 aliphatic carbocycles. The summed E-state index contributed by atoms with van der Waals surface area (Å²) in [5.41, 5.74) is -0.798. The van der Waals surface area contributed by atoms with Crippen LogP contribution in [0, 0.1) is 10.1 Å². The number of benzene rings is 2. The summed E-state index contributed by atoms with van der Waals surface area (Å²) in [6, 6.07) is 8.04. The Morgan fingerprint density at radius 1 is 1.27 bits per heavy atom. The van der Waals surface area contributed by atoms with E-state index in [2.05, 4.69) is 20.7 Å². The summed E-state index contributed by atoms with van der Waals surface area (Å²) in [4.78, 5) is 23.3. The minimum atomic E-state index is -4.52. The highest BCUT2D eigenvalue weighted by Crippen LogP contribution is 2.31. The lowest BCUT2D eigenvalue weighted by Gasteiger charge is -2.09. The van der Waals surface area contributed by atoms with Gasteiger partial charge in [0.05, 0.1) is 29.4 Å². The first-order valence-electron chi connectivity index (χ1n) is 8.25. The molecule has 1 aromatic heterocycles. The number of rotatable bonds is 6. The Morgan fingerprint density at radius 3 is 2.70 bits per heavy atom. The quantitative estimate of drug-likeness (QED) is 0.478. The van der Waals surface area contributed by atoms with Gasteiger partial charge in [-0.2, -0.15) is 18.0 Å². The van der Waals surface area contributed by atoms with E-state index in [9.17, 15) is 28.1 Å². The zero-order chi connectivity index (χ0) is 21.9. The predicted molar refractivity (Wildman–Crippen MR) is 96.5 cm³/mol. The van der Waals surface area contributed by atoms with E-state index in [-0.39, 0.29) is 28.5 Å². The molecule has 0 unspecified atom stereocenters. The van der Waals surface area contributed by atoms with Gasteiger partial charge in [-0.25, -0.2) is 0 Å². The number of halogens is 3. The van der Waals surface area contributed by atoms with Gasteiger partial charge in [0.1, 0.15) is 12.3 Å². The van der Waals surface area contributed by atoms with Gasteiger partial charge in [-0.05, 0) is 23.4 Å². The van der Waals surface area contributed by atoms with Crippen LogP contribution in [0.2, 0.25) is 0 Å². The first kappa shape index (κ1) is 20.7. The van der Waals surface area contributed by atoms with E-state index >= 15 is 0 Å². The van der Waals surface area contributed by atoms with E-state index in [0.29, 0.717) is 0 Å². The second kappa shape index (κ2) is 8.14. The Kier molecular flexibility index (Phi) is 5.62. The second-order valence-corrected chi connectivity index (χ2v) is 5.91. The summed E-state index contributed by atoms with van der Waals surface area (Å²) in [6.45, 7) is -0.397. The fourth-order valence-corrected chi connectivity index (χ4v) is 2.48. The summed E-state index contributed by atoms with van der Waals surface area (Å²) in [5, 5.41) is 24.5. The van der Waals surface area contributed by atoms with Crippen LogP contribution in [0.4, 0.5) is 24.5 Å². The fourth-order valence-electron chi connectivity index (χ4n) is 2.48. The number of hydrogen-bond donors (Lipinski definition) is 1. The molecule has 0 spiro atoms. The molecular weight excluding hydrogens is 409 g/mol. The fraction of sp³-hybridized carbons (Fsp3) is 0.176. The molecule has 0 radical (unpaired) electrons. The molecular formula is C17H13F3N6O4. The number of carbonyl (C=O) groups excluding carboxylic acids is 1. The third-order valence-corrected chi connectivity index (χ3v) is 3.86. The molecule has 3 aromatic rings. The van der Waals surface area contributed by atoms with Crippen LogP contribution >= 0.6 is 0 Å². The molecule has 30 heavy (non-hydrogen) atoms. The molecule has 0 aliphatic heterocycles. The molecule has 0 bridgehead atoms. The van der Waals surface area contributed by atoms with Crippen LogP contribution in [0.5, 0.6) is 5.75 Å². The van der Waals surface area contributed by atoms with Gasteiger partial charge in [-0.3, -0.25) is 14.9 Å². The molecule has 3 rings (SSSR count). The Balaban J connectivity index is 1.72. The summed E-state index contributed by atoms with van der Waals surface area (Å²) < 4.78 is 43.5. The molecule has 10 nitrogen and oxygen atoms in total. The van der Waals surface area contributed by atoms with Gasteiger partial charge in [0.15, 0.2) is 0 Å². The van der Waals surface area contributed by atoms with Gasteiger partial charge in [0, 0.05) is 11.6 Å². The van der Waals surface area contributed by atoms with E-state index in [1.807, 2.05) is 0 Å². The van der Waals surface area contributed by atoms with Crippen molar-refractivity contribution in [2.75, 3.05) is 12.4 Å². The van der Waals surface area contributed by atoms with Gasteiger partial charge in [0.25, 0.3) is 5.69 Å². The Morgan fingerprint density at radius 2 is 2.03 bits per heavy atom. The number of carbonyl (C=O) groups is 1. The van der Waals surface area contributed by atoms with Crippen molar-refractivity contribution in [3.63, 3.8) is 0 Å². The number of anilines is 1. The van der Waals surface area contributed by atoms with E-state index in [1.54, 1.807) is 0 Å². The molecule has 0 saturated heterocycles. The number of tetrazole rings is 1. The average molecular weight is 422 g/mol. The highest BCUT2D eigenvalue weighted by Gasteiger charge is 2.30. The zero-order valence-electron chi connectivity index (χ0n) is 15.3. The molecule has 1 heterocycles. The Labute approximate surface area is 166 Å². The molecule has 156 valence electrons. The third kappa shape index (κ3) is 4.68. The van der Waals surface area contributed by atoms with Crippen LogP contribution in [0.3, 0.4) is 0 Å². The van der Waals surface area contributed by atoms with E-state index in [0.717, 1.165) is 23.0 Å². The monoisotopic (exact) mass is 422 g/mol. The van der Waals surface area contributed by atoms with E-state index in [1.165, 1.54) is 31.4 Å². The standard InChI is InChI=1S/C17H13F3N6O4/c1-30-14-8-12(26(28)29)5-6-13(14)21-15(27)9-25-23-16(22-24-25)10-3-2-4-11(7-10)17(18,19)20/h2-8H,9H2,1H3,(H,21,27). The molecule has 1 N–H and O–H groups in total. The number of hydrogen-bond acceptors (Lipinski definition) is 7. The second-order valence-electron chi connectivity index (χ2n) is 5.91. The highest BCUT2D eigenvalue weighted by atomic mass is 19.4. The smallest absolute Gasteiger partial charge is 0.416 e. The molecule has 13 heteroatoms. The normalized spacial score (nSPS) is 11.2. The maximum absolute atomic E-state index is 12.8. The number of nitrogens with zero attached hydrogens (tertiary/aromatic N) is 5. The van der Waals surface area contributed by atoms with Crippen molar-refractivity contribution in [3.8, 4) is 17.1 Å². The number of amides is 1. The van der Waals surface area contributed by atoms with E-state index in [4.69, 9.17) is 4.74 Å². The van der Waals surface area contributed by atoms with Crippen LogP contribution in [-0.2, 0) is 17.5 Å². The largest absolute Gasteiger partial charge is 0.494 e. The summed E-state index contributed by atoms with van der Waals surface area (Å²) in [6.07, 6.45) is -4.52. The van der Waals surface area contributed by atoms with Crippen molar-refractivity contribution in [3.05, 3.63) is 58.1 Å². The predicted octanol–water partition coefficient (Wildman–Crippen LogP) is 2.91. The van der Waals surface area contributed by atoms with Crippen molar-refractivity contribution in [2.45, 2.75) is 12.7 Å². The Hall–Kier alpha value is -4.03. The lowest BCUT2D eigenvalue weighted by molar-refractivity contribution is -0.384. The molecule has 0 fully saturated rings. The molecule has 0 saturated carbocycles. The third-order valence-electron chi connectivity index (χ3n) is 3.86. The molecule has 2 aromatic carbocycles. The number of aromatic nitrogens is 4. The van der Waals surface area contributed by atoms with Crippen molar-refractivity contribution in [2.24, 2.45) is 0 Å². The molecule has 0 aliphatic rings. The minimum Gasteiger partial charge on any atom is -0.494 e.